The van der Waals surface area contributed by atoms with Crippen molar-refractivity contribution in [1.82, 2.24) is 8.87 Å². The fourth-order valence-corrected chi connectivity index (χ4v) is 5.21. The van der Waals surface area contributed by atoms with E-state index in [1.54, 1.807) is 24.3 Å². The van der Waals surface area contributed by atoms with Crippen molar-refractivity contribution in [1.29, 1.82) is 0 Å². The fourth-order valence-electron chi connectivity index (χ4n) is 3.69. The number of hydrogen-bond acceptors (Lipinski definition) is 3. The molecule has 1 aliphatic rings. The van der Waals surface area contributed by atoms with Crippen molar-refractivity contribution in [2.24, 2.45) is 0 Å². The maximum Gasteiger partial charge on any atom is 0.243 e. The molecule has 0 bridgehead atoms. The topological polar surface area (TPSA) is 71.4 Å². The van der Waals surface area contributed by atoms with E-state index in [-0.39, 0.29) is 22.9 Å². The number of benzene rings is 2. The molecule has 0 atom stereocenters. The first-order chi connectivity index (χ1) is 14.9. The van der Waals surface area contributed by atoms with E-state index in [1.807, 2.05) is 29.1 Å². The molecule has 1 amide bonds. The first-order valence-electron chi connectivity index (χ1n) is 10.3. The Hall–Kier alpha value is -2.97. The molecular weight excluding hydrogens is 417 g/mol. The van der Waals surface area contributed by atoms with Crippen LogP contribution in [-0.4, -0.2) is 36.3 Å². The number of carbonyl (C=O) groups excluding carboxylic acids is 1. The van der Waals surface area contributed by atoms with Crippen molar-refractivity contribution in [2.45, 2.75) is 30.6 Å². The molecule has 1 N–H and O–H groups in total. The van der Waals surface area contributed by atoms with Crippen LogP contribution in [0.1, 0.15) is 24.8 Å². The highest BCUT2D eigenvalue weighted by Gasteiger charge is 2.25. The van der Waals surface area contributed by atoms with Crippen molar-refractivity contribution < 1.29 is 17.6 Å². The summed E-state index contributed by atoms with van der Waals surface area (Å²) in [5.41, 5.74) is 1.48. The van der Waals surface area contributed by atoms with Gasteiger partial charge in [0.2, 0.25) is 15.9 Å². The van der Waals surface area contributed by atoms with Gasteiger partial charge in [0.15, 0.2) is 0 Å². The maximum absolute atomic E-state index is 14.2. The Balaban J connectivity index is 1.43. The number of carbonyl (C=O) groups is 1. The monoisotopic (exact) mass is 441 g/mol. The molecule has 1 fully saturated rings. The van der Waals surface area contributed by atoms with E-state index in [4.69, 9.17) is 0 Å². The molecule has 1 aromatic heterocycles. The molecule has 0 radical (unpaired) electrons. The Labute approximate surface area is 181 Å². The average molecular weight is 442 g/mol. The smallest absolute Gasteiger partial charge is 0.243 e. The number of amides is 1. The van der Waals surface area contributed by atoms with E-state index < -0.39 is 15.8 Å². The Bertz CT molecular complexity index is 1150. The summed E-state index contributed by atoms with van der Waals surface area (Å²) < 4.78 is 43.0. The molecule has 0 spiro atoms. The molecule has 4 rings (SSSR count). The van der Waals surface area contributed by atoms with Gasteiger partial charge in [0.25, 0.3) is 0 Å². The molecular formula is C23H24FN3O3S. The van der Waals surface area contributed by atoms with Gasteiger partial charge < -0.3 is 9.88 Å². The Kier molecular flexibility index (Phi) is 6.20. The van der Waals surface area contributed by atoms with Crippen LogP contribution in [0.4, 0.5) is 10.1 Å². The summed E-state index contributed by atoms with van der Waals surface area (Å²) >= 11 is 0. The van der Waals surface area contributed by atoms with Crippen molar-refractivity contribution in [3.8, 4) is 5.69 Å². The Morgan fingerprint density at radius 1 is 0.968 bits per heavy atom. The van der Waals surface area contributed by atoms with Crippen LogP contribution in [0.25, 0.3) is 5.69 Å². The van der Waals surface area contributed by atoms with Crippen molar-refractivity contribution in [2.75, 3.05) is 18.4 Å². The quantitative estimate of drug-likeness (QED) is 0.629. The van der Waals surface area contributed by atoms with Gasteiger partial charge in [-0.15, -0.1) is 0 Å². The lowest BCUT2D eigenvalue weighted by atomic mass is 10.1. The predicted octanol–water partition coefficient (Wildman–Crippen LogP) is 3.97. The third-order valence-corrected chi connectivity index (χ3v) is 7.28. The summed E-state index contributed by atoms with van der Waals surface area (Å²) in [4.78, 5) is 12.7. The second-order valence-electron chi connectivity index (χ2n) is 7.59. The molecule has 0 saturated carbocycles. The number of hydrogen-bond donors (Lipinski definition) is 1. The lowest BCUT2D eigenvalue weighted by Gasteiger charge is -2.25. The van der Waals surface area contributed by atoms with Gasteiger partial charge in [0, 0.05) is 31.2 Å². The van der Waals surface area contributed by atoms with Gasteiger partial charge in [-0.05, 0) is 60.9 Å². The van der Waals surface area contributed by atoms with Crippen molar-refractivity contribution in [3.63, 3.8) is 0 Å². The summed E-state index contributed by atoms with van der Waals surface area (Å²) in [7, 11) is -3.51. The molecule has 3 aromatic rings. The van der Waals surface area contributed by atoms with Crippen molar-refractivity contribution in [3.05, 3.63) is 78.4 Å². The molecule has 2 aromatic carbocycles. The van der Waals surface area contributed by atoms with Crippen LogP contribution in [0, 0.1) is 5.82 Å². The molecule has 0 unspecified atom stereocenters. The van der Waals surface area contributed by atoms with Crippen LogP contribution < -0.4 is 5.32 Å². The van der Waals surface area contributed by atoms with E-state index in [0.717, 1.165) is 24.9 Å². The van der Waals surface area contributed by atoms with E-state index >= 15 is 0 Å². The summed E-state index contributed by atoms with van der Waals surface area (Å²) in [5, 5.41) is 2.60. The van der Waals surface area contributed by atoms with Gasteiger partial charge in [-0.3, -0.25) is 4.79 Å². The van der Waals surface area contributed by atoms with E-state index in [2.05, 4.69) is 5.32 Å². The van der Waals surface area contributed by atoms with Crippen LogP contribution in [0.15, 0.2) is 71.9 Å². The third kappa shape index (κ3) is 4.86. The molecule has 6 nitrogen and oxygen atoms in total. The normalized spacial score (nSPS) is 15.0. The van der Waals surface area contributed by atoms with E-state index in [0.29, 0.717) is 18.7 Å². The molecule has 1 saturated heterocycles. The second kappa shape index (κ2) is 9.03. The molecule has 8 heteroatoms. The lowest BCUT2D eigenvalue weighted by Crippen LogP contribution is -2.35. The standard InChI is InChI=1S/C23H24FN3O3S/c24-21-11-8-19(26-12-4-5-13-26)17-22(21)25-23(28)16-18-6-9-20(10-7-18)31(29,30)27-14-2-1-3-15-27/h4-13,17H,1-3,14-16H2,(H,25,28). The Morgan fingerprint density at radius 3 is 2.32 bits per heavy atom. The summed E-state index contributed by atoms with van der Waals surface area (Å²) in [6.45, 7) is 1.08. The molecule has 162 valence electrons. The highest BCUT2D eigenvalue weighted by Crippen LogP contribution is 2.22. The minimum absolute atomic E-state index is 0.0111. The summed E-state index contributed by atoms with van der Waals surface area (Å²) in [6.07, 6.45) is 6.47. The second-order valence-corrected chi connectivity index (χ2v) is 9.53. The zero-order valence-electron chi connectivity index (χ0n) is 17.0. The van der Waals surface area contributed by atoms with Crippen LogP contribution in [-0.2, 0) is 21.2 Å². The number of nitrogens with zero attached hydrogens (tertiary/aromatic N) is 2. The predicted molar refractivity (Wildman–Crippen MR) is 117 cm³/mol. The molecule has 0 aliphatic carbocycles. The van der Waals surface area contributed by atoms with Gasteiger partial charge in [-0.25, -0.2) is 12.8 Å². The SMILES string of the molecule is O=C(Cc1ccc(S(=O)(=O)N2CCCCC2)cc1)Nc1cc(-n2cccc2)ccc1F. The minimum Gasteiger partial charge on any atom is -0.324 e. The zero-order chi connectivity index (χ0) is 21.8. The van der Waals surface area contributed by atoms with Gasteiger partial charge in [-0.1, -0.05) is 18.6 Å². The maximum atomic E-state index is 14.2. The lowest BCUT2D eigenvalue weighted by molar-refractivity contribution is -0.115. The number of sulfonamides is 1. The van der Waals surface area contributed by atoms with Crippen LogP contribution in [0.3, 0.4) is 0 Å². The molecule has 2 heterocycles. The summed E-state index contributed by atoms with van der Waals surface area (Å²) in [6, 6.07) is 14.5. The van der Waals surface area contributed by atoms with Gasteiger partial charge in [-0.2, -0.15) is 4.31 Å². The first-order valence-corrected chi connectivity index (χ1v) is 11.7. The fraction of sp³-hybridized carbons (Fsp3) is 0.261. The molecule has 1 aliphatic heterocycles. The van der Waals surface area contributed by atoms with E-state index in [9.17, 15) is 17.6 Å². The highest BCUT2D eigenvalue weighted by molar-refractivity contribution is 7.89. The average Bonchev–Trinajstić information content (AvgIpc) is 3.31. The number of anilines is 1. The summed E-state index contributed by atoms with van der Waals surface area (Å²) in [5.74, 6) is -0.901. The van der Waals surface area contributed by atoms with Gasteiger partial charge in [0.1, 0.15) is 5.82 Å². The van der Waals surface area contributed by atoms with E-state index in [1.165, 1.54) is 22.5 Å². The Morgan fingerprint density at radius 2 is 1.65 bits per heavy atom. The van der Waals surface area contributed by atoms with Crippen LogP contribution in [0.5, 0.6) is 0 Å². The third-order valence-electron chi connectivity index (χ3n) is 5.37. The number of aromatic nitrogens is 1. The highest BCUT2D eigenvalue weighted by atomic mass is 32.2. The largest absolute Gasteiger partial charge is 0.324 e. The van der Waals surface area contributed by atoms with Crippen LogP contribution >= 0.6 is 0 Å². The van der Waals surface area contributed by atoms with Crippen molar-refractivity contribution >= 4 is 21.6 Å². The number of nitrogens with one attached hydrogen (secondary N) is 1. The number of halogens is 1. The van der Waals surface area contributed by atoms with Gasteiger partial charge >= 0.3 is 0 Å². The first kappa shape index (κ1) is 21.3. The number of rotatable bonds is 6. The molecule has 31 heavy (non-hydrogen) atoms. The van der Waals surface area contributed by atoms with Gasteiger partial charge in [0.05, 0.1) is 17.0 Å². The zero-order valence-corrected chi connectivity index (χ0v) is 17.8. The minimum atomic E-state index is -3.51. The number of piperidine rings is 1. The van der Waals surface area contributed by atoms with Crippen LogP contribution in [0.2, 0.25) is 0 Å².